The van der Waals surface area contributed by atoms with Crippen LogP contribution in [0.15, 0.2) is 59.5 Å². The van der Waals surface area contributed by atoms with Crippen LogP contribution in [-0.2, 0) is 19.1 Å². The van der Waals surface area contributed by atoms with Crippen LogP contribution >= 0.6 is 11.8 Å². The number of amides is 1. The van der Waals surface area contributed by atoms with Gasteiger partial charge in [0.05, 0.1) is 7.11 Å². The molecule has 1 fully saturated rings. The lowest BCUT2D eigenvalue weighted by Gasteiger charge is -2.35. The molecule has 1 aliphatic heterocycles. The molecule has 0 radical (unpaired) electrons. The SMILES string of the molecule is COc1ccccc1SC1CC(=O)[C@H](NC(=O)c2ccccc2)O[C@@H]1COC(C)=O. The van der Waals surface area contributed by atoms with Gasteiger partial charge in [-0.05, 0) is 24.3 Å². The Bertz CT molecular complexity index is 904. The molecule has 1 aliphatic rings. The average Bonchev–Trinajstić information content (AvgIpc) is 2.75. The maximum Gasteiger partial charge on any atom is 0.302 e. The molecule has 7 nitrogen and oxygen atoms in total. The maximum absolute atomic E-state index is 12.7. The minimum Gasteiger partial charge on any atom is -0.496 e. The summed E-state index contributed by atoms with van der Waals surface area (Å²) in [6, 6.07) is 16.0. The molecule has 1 heterocycles. The highest BCUT2D eigenvalue weighted by Gasteiger charge is 2.39. The van der Waals surface area contributed by atoms with Crippen molar-refractivity contribution in [1.82, 2.24) is 5.32 Å². The number of Topliss-reactive ketones (excluding diaryl/α,β-unsaturated/α-hetero) is 1. The Kier molecular flexibility index (Phi) is 7.48. The Balaban J connectivity index is 1.74. The zero-order chi connectivity index (χ0) is 21.5. The molecule has 1 saturated heterocycles. The Morgan fingerprint density at radius 3 is 2.53 bits per heavy atom. The van der Waals surface area contributed by atoms with Crippen LogP contribution in [0.4, 0.5) is 0 Å². The van der Waals surface area contributed by atoms with Gasteiger partial charge < -0.3 is 19.5 Å². The van der Waals surface area contributed by atoms with Gasteiger partial charge in [-0.25, -0.2) is 0 Å². The van der Waals surface area contributed by atoms with Crippen LogP contribution in [-0.4, -0.2) is 49.0 Å². The zero-order valence-corrected chi connectivity index (χ0v) is 17.5. The van der Waals surface area contributed by atoms with E-state index in [-0.39, 0.29) is 24.1 Å². The van der Waals surface area contributed by atoms with Crippen molar-refractivity contribution < 1.29 is 28.6 Å². The maximum atomic E-state index is 12.7. The average molecular weight is 429 g/mol. The van der Waals surface area contributed by atoms with Crippen LogP contribution in [0.25, 0.3) is 0 Å². The van der Waals surface area contributed by atoms with E-state index in [4.69, 9.17) is 14.2 Å². The van der Waals surface area contributed by atoms with Crippen molar-refractivity contribution >= 4 is 29.4 Å². The third-order valence-corrected chi connectivity index (χ3v) is 5.88. The number of para-hydroxylation sites is 1. The van der Waals surface area contributed by atoms with Crippen LogP contribution in [0.5, 0.6) is 5.75 Å². The van der Waals surface area contributed by atoms with Gasteiger partial charge in [0.2, 0.25) is 0 Å². The summed E-state index contributed by atoms with van der Waals surface area (Å²) < 4.78 is 16.4. The number of rotatable bonds is 7. The molecular formula is C22H23NO6S. The number of hydrogen-bond donors (Lipinski definition) is 1. The molecule has 1 N–H and O–H groups in total. The monoisotopic (exact) mass is 429 g/mol. The minimum atomic E-state index is -1.10. The van der Waals surface area contributed by atoms with E-state index < -0.39 is 24.2 Å². The normalized spacial score (nSPS) is 21.0. The van der Waals surface area contributed by atoms with Crippen LogP contribution in [0.2, 0.25) is 0 Å². The number of carbonyl (C=O) groups excluding carboxylic acids is 3. The number of carbonyl (C=O) groups is 3. The summed E-state index contributed by atoms with van der Waals surface area (Å²) >= 11 is 1.42. The smallest absolute Gasteiger partial charge is 0.302 e. The first kappa shape index (κ1) is 21.9. The Hall–Kier alpha value is -2.84. The van der Waals surface area contributed by atoms with Crippen LogP contribution in [0, 0.1) is 0 Å². The van der Waals surface area contributed by atoms with Crippen LogP contribution < -0.4 is 10.1 Å². The molecule has 158 valence electrons. The van der Waals surface area contributed by atoms with E-state index in [2.05, 4.69) is 5.32 Å². The van der Waals surface area contributed by atoms with E-state index in [0.29, 0.717) is 11.3 Å². The van der Waals surface area contributed by atoms with Gasteiger partial charge in [-0.15, -0.1) is 11.8 Å². The number of thioether (sulfide) groups is 1. The van der Waals surface area contributed by atoms with Gasteiger partial charge >= 0.3 is 5.97 Å². The van der Waals surface area contributed by atoms with Crippen molar-refractivity contribution in [2.45, 2.75) is 35.8 Å². The molecule has 2 aromatic carbocycles. The summed E-state index contributed by atoms with van der Waals surface area (Å²) in [5.74, 6) is -0.413. The van der Waals surface area contributed by atoms with Crippen molar-refractivity contribution in [1.29, 1.82) is 0 Å². The zero-order valence-electron chi connectivity index (χ0n) is 16.7. The van der Waals surface area contributed by atoms with E-state index in [1.165, 1.54) is 18.7 Å². The van der Waals surface area contributed by atoms with Gasteiger partial charge in [0, 0.05) is 29.1 Å². The minimum absolute atomic E-state index is 0.0207. The standard InChI is InChI=1S/C22H23NO6S/c1-14(24)28-13-18-20(30-19-11-7-6-10-17(19)27-2)12-16(25)22(29-18)23-21(26)15-8-4-3-5-9-15/h3-11,18,20,22H,12-13H2,1-2H3,(H,23,26)/t18-,20?,22-/m1/s1. The molecular weight excluding hydrogens is 406 g/mol. The fourth-order valence-electron chi connectivity index (χ4n) is 3.02. The summed E-state index contributed by atoms with van der Waals surface area (Å²) in [5, 5.41) is 2.32. The molecule has 0 spiro atoms. The molecule has 1 amide bonds. The summed E-state index contributed by atoms with van der Waals surface area (Å²) in [6.45, 7) is 1.29. The van der Waals surface area contributed by atoms with Gasteiger partial charge in [0.25, 0.3) is 5.91 Å². The van der Waals surface area contributed by atoms with Crippen LogP contribution in [0.3, 0.4) is 0 Å². The van der Waals surface area contributed by atoms with E-state index in [1.54, 1.807) is 37.4 Å². The molecule has 30 heavy (non-hydrogen) atoms. The fourth-order valence-corrected chi connectivity index (χ4v) is 4.32. The predicted octanol–water partition coefficient (Wildman–Crippen LogP) is 2.83. The quantitative estimate of drug-likeness (QED) is 0.677. The number of ketones is 1. The molecule has 3 atom stereocenters. The highest BCUT2D eigenvalue weighted by molar-refractivity contribution is 8.00. The lowest BCUT2D eigenvalue weighted by atomic mass is 10.1. The number of nitrogens with one attached hydrogen (secondary N) is 1. The molecule has 0 aliphatic carbocycles. The van der Waals surface area contributed by atoms with Crippen LogP contribution in [0.1, 0.15) is 23.7 Å². The van der Waals surface area contributed by atoms with Crippen molar-refractivity contribution in [3.63, 3.8) is 0 Å². The van der Waals surface area contributed by atoms with Gasteiger partial charge in [-0.2, -0.15) is 0 Å². The van der Waals surface area contributed by atoms with Crippen molar-refractivity contribution in [3.05, 3.63) is 60.2 Å². The first-order valence-electron chi connectivity index (χ1n) is 9.45. The number of esters is 1. The van der Waals surface area contributed by atoms with E-state index >= 15 is 0 Å². The predicted molar refractivity (Wildman–Crippen MR) is 111 cm³/mol. The largest absolute Gasteiger partial charge is 0.496 e. The highest BCUT2D eigenvalue weighted by Crippen LogP contribution is 2.37. The van der Waals surface area contributed by atoms with Crippen molar-refractivity contribution in [3.8, 4) is 5.75 Å². The fraction of sp³-hybridized carbons (Fsp3) is 0.318. The molecule has 8 heteroatoms. The molecule has 0 bridgehead atoms. The number of ether oxygens (including phenoxy) is 3. The molecule has 3 rings (SSSR count). The first-order chi connectivity index (χ1) is 14.5. The Labute approximate surface area is 179 Å². The molecule has 0 aromatic heterocycles. The lowest BCUT2D eigenvalue weighted by molar-refractivity contribution is -0.156. The second-order valence-corrected chi connectivity index (χ2v) is 7.96. The third-order valence-electron chi connectivity index (χ3n) is 4.52. The Morgan fingerprint density at radius 1 is 1.13 bits per heavy atom. The van der Waals surface area contributed by atoms with Gasteiger partial charge in [0.15, 0.2) is 12.0 Å². The van der Waals surface area contributed by atoms with Gasteiger partial charge in [-0.1, -0.05) is 30.3 Å². The number of hydrogen-bond acceptors (Lipinski definition) is 7. The van der Waals surface area contributed by atoms with Gasteiger partial charge in [0.1, 0.15) is 18.5 Å². The second-order valence-electron chi connectivity index (χ2n) is 6.67. The summed E-state index contributed by atoms with van der Waals surface area (Å²) in [4.78, 5) is 37.3. The van der Waals surface area contributed by atoms with Gasteiger partial charge in [-0.3, -0.25) is 14.4 Å². The van der Waals surface area contributed by atoms with E-state index in [9.17, 15) is 14.4 Å². The van der Waals surface area contributed by atoms with E-state index in [1.807, 2.05) is 24.3 Å². The van der Waals surface area contributed by atoms with Crippen molar-refractivity contribution in [2.75, 3.05) is 13.7 Å². The summed E-state index contributed by atoms with van der Waals surface area (Å²) in [7, 11) is 1.58. The van der Waals surface area contributed by atoms with E-state index in [0.717, 1.165) is 4.90 Å². The van der Waals surface area contributed by atoms with Crippen molar-refractivity contribution in [2.24, 2.45) is 0 Å². The summed E-state index contributed by atoms with van der Waals surface area (Å²) in [6.07, 6.45) is -1.54. The number of benzene rings is 2. The first-order valence-corrected chi connectivity index (χ1v) is 10.3. The highest BCUT2D eigenvalue weighted by atomic mass is 32.2. The second kappa shape index (κ2) is 10.3. The molecule has 0 saturated carbocycles. The lowest BCUT2D eigenvalue weighted by Crippen LogP contribution is -2.53. The third kappa shape index (κ3) is 5.61. The topological polar surface area (TPSA) is 90.9 Å². The molecule has 2 aromatic rings. The Morgan fingerprint density at radius 2 is 1.83 bits per heavy atom. The molecule has 1 unspecified atom stereocenters. The number of methoxy groups -OCH3 is 1. The summed E-state index contributed by atoms with van der Waals surface area (Å²) in [5.41, 5.74) is 0.427.